The van der Waals surface area contributed by atoms with Gasteiger partial charge < -0.3 is 9.80 Å². The van der Waals surface area contributed by atoms with Gasteiger partial charge in [0.2, 0.25) is 0 Å². The van der Waals surface area contributed by atoms with Gasteiger partial charge in [-0.2, -0.15) is 0 Å². The van der Waals surface area contributed by atoms with Crippen molar-refractivity contribution in [3.63, 3.8) is 0 Å². The second-order valence-electron chi connectivity index (χ2n) is 10.0. The van der Waals surface area contributed by atoms with Crippen molar-refractivity contribution in [1.29, 1.82) is 0 Å². The molecular weight excluding hydrogens is 545 g/mol. The Bertz CT molecular complexity index is 1670. The molecule has 0 aliphatic rings. The fourth-order valence-electron chi connectivity index (χ4n) is 5.22. The zero-order valence-electron chi connectivity index (χ0n) is 23.4. The number of aromatic nitrogens is 2. The van der Waals surface area contributed by atoms with Crippen LogP contribution in [0.5, 0.6) is 0 Å². The molecule has 3 aromatic heterocycles. The minimum absolute atomic E-state index is 1.03. The van der Waals surface area contributed by atoms with Gasteiger partial charge in [0.15, 0.2) is 0 Å². The minimum atomic E-state index is 1.03. The molecule has 206 valence electrons. The predicted molar refractivity (Wildman–Crippen MR) is 180 cm³/mol. The number of hydrogen-bond acceptors (Lipinski definition) is 5. The van der Waals surface area contributed by atoms with Crippen molar-refractivity contribution in [1.82, 2.24) is 9.97 Å². The highest BCUT2D eigenvalue weighted by molar-refractivity contribution is 7.18. The van der Waals surface area contributed by atoms with Gasteiger partial charge in [0.25, 0.3) is 0 Å². The van der Waals surface area contributed by atoms with E-state index in [2.05, 4.69) is 141 Å². The van der Waals surface area contributed by atoms with Crippen molar-refractivity contribution in [2.45, 2.75) is 0 Å². The molecule has 0 aliphatic carbocycles. The van der Waals surface area contributed by atoms with E-state index >= 15 is 0 Å². The van der Waals surface area contributed by atoms with Crippen LogP contribution in [0.15, 0.2) is 170 Å². The van der Waals surface area contributed by atoms with Crippen molar-refractivity contribution in [3.8, 4) is 20.9 Å². The van der Waals surface area contributed by atoms with Crippen molar-refractivity contribution >= 4 is 45.5 Å². The van der Waals surface area contributed by atoms with Crippen LogP contribution in [0.2, 0.25) is 0 Å². The summed E-state index contributed by atoms with van der Waals surface area (Å²) in [6.07, 6.45) is 7.40. The Hall–Kier alpha value is -5.52. The molecule has 0 saturated heterocycles. The number of para-hydroxylation sites is 2. The fourth-order valence-corrected chi connectivity index (χ4v) is 6.24. The first kappa shape index (κ1) is 26.4. The summed E-state index contributed by atoms with van der Waals surface area (Å²) >= 11 is 1.81. The molecule has 0 saturated carbocycles. The van der Waals surface area contributed by atoms with Crippen molar-refractivity contribution in [3.05, 3.63) is 170 Å². The van der Waals surface area contributed by atoms with E-state index in [1.54, 1.807) is 23.7 Å². The van der Waals surface area contributed by atoms with Crippen molar-refractivity contribution in [2.24, 2.45) is 0 Å². The Labute approximate surface area is 255 Å². The van der Waals surface area contributed by atoms with E-state index < -0.39 is 0 Å². The van der Waals surface area contributed by atoms with Crippen LogP contribution in [-0.4, -0.2) is 9.97 Å². The van der Waals surface area contributed by atoms with Crippen molar-refractivity contribution < 1.29 is 0 Å². The lowest BCUT2D eigenvalue weighted by molar-refractivity contribution is 1.23. The van der Waals surface area contributed by atoms with Gasteiger partial charge in [0.05, 0.1) is 23.8 Å². The van der Waals surface area contributed by atoms with Crippen LogP contribution in [0.4, 0.5) is 34.1 Å². The standard InChI is InChI=1S/C38H28N4S/c1-3-9-31(10-4-1)41(35-13-7-25-39-27-35)33-19-15-29(16-20-33)37-23-24-38(43-37)30-17-21-34(22-18-30)42(32-11-5-2-6-12-32)36-14-8-26-40-28-36/h1-28H. The summed E-state index contributed by atoms with van der Waals surface area (Å²) in [5.74, 6) is 0. The van der Waals surface area contributed by atoms with Gasteiger partial charge >= 0.3 is 0 Å². The average Bonchev–Trinajstić information content (AvgIpc) is 3.58. The minimum Gasteiger partial charge on any atom is -0.309 e. The summed E-state index contributed by atoms with van der Waals surface area (Å²) in [6.45, 7) is 0. The van der Waals surface area contributed by atoms with Gasteiger partial charge in [0.1, 0.15) is 0 Å². The lowest BCUT2D eigenvalue weighted by atomic mass is 10.1. The topological polar surface area (TPSA) is 32.3 Å². The Morgan fingerprint density at radius 1 is 0.349 bits per heavy atom. The maximum Gasteiger partial charge on any atom is 0.0644 e. The molecule has 0 fully saturated rings. The van der Waals surface area contributed by atoms with E-state index in [0.717, 1.165) is 34.1 Å². The van der Waals surface area contributed by atoms with Gasteiger partial charge in [-0.05, 0) is 96.1 Å². The highest BCUT2D eigenvalue weighted by atomic mass is 32.1. The van der Waals surface area contributed by atoms with Gasteiger partial charge in [-0.25, -0.2) is 0 Å². The zero-order chi connectivity index (χ0) is 28.8. The zero-order valence-corrected chi connectivity index (χ0v) is 24.2. The normalized spacial score (nSPS) is 10.8. The molecular formula is C38H28N4S. The summed E-state index contributed by atoms with van der Waals surface area (Å²) in [7, 11) is 0. The maximum absolute atomic E-state index is 4.35. The molecule has 0 N–H and O–H groups in total. The first-order chi connectivity index (χ1) is 21.3. The molecule has 7 rings (SSSR count). The Kier molecular flexibility index (Phi) is 7.45. The smallest absolute Gasteiger partial charge is 0.0644 e. The Morgan fingerprint density at radius 3 is 1.09 bits per heavy atom. The third-order valence-electron chi connectivity index (χ3n) is 7.26. The Morgan fingerprint density at radius 2 is 0.721 bits per heavy atom. The third-order valence-corrected chi connectivity index (χ3v) is 8.45. The largest absolute Gasteiger partial charge is 0.309 e. The summed E-state index contributed by atoms with van der Waals surface area (Å²) in [5.41, 5.74) is 8.82. The van der Waals surface area contributed by atoms with Gasteiger partial charge in [-0.1, -0.05) is 60.7 Å². The molecule has 0 amide bonds. The molecule has 0 atom stereocenters. The molecule has 0 radical (unpaired) electrons. The van der Waals surface area contributed by atoms with Gasteiger partial charge in [0, 0.05) is 44.9 Å². The molecule has 0 unspecified atom stereocenters. The molecule has 3 heterocycles. The van der Waals surface area contributed by atoms with Crippen LogP contribution < -0.4 is 9.80 Å². The number of pyridine rings is 2. The first-order valence-corrected chi connectivity index (χ1v) is 15.0. The van der Waals surface area contributed by atoms with E-state index in [4.69, 9.17) is 0 Å². The quantitative estimate of drug-likeness (QED) is 0.181. The second kappa shape index (κ2) is 12.1. The molecule has 5 heteroatoms. The average molecular weight is 573 g/mol. The van der Waals surface area contributed by atoms with E-state index in [1.165, 1.54) is 20.9 Å². The first-order valence-electron chi connectivity index (χ1n) is 14.1. The summed E-state index contributed by atoms with van der Waals surface area (Å²) in [4.78, 5) is 15.6. The molecule has 0 aliphatic heterocycles. The van der Waals surface area contributed by atoms with E-state index in [9.17, 15) is 0 Å². The van der Waals surface area contributed by atoms with Gasteiger partial charge in [-0.3, -0.25) is 9.97 Å². The number of rotatable bonds is 8. The van der Waals surface area contributed by atoms with E-state index in [1.807, 2.05) is 36.7 Å². The SMILES string of the molecule is c1ccc(N(c2ccc(-c3ccc(-c4ccc(N(c5ccccc5)c5cccnc5)cc4)s3)cc2)c2cccnc2)cc1. The lowest BCUT2D eigenvalue weighted by Gasteiger charge is -2.25. The number of hydrogen-bond donors (Lipinski definition) is 0. The van der Waals surface area contributed by atoms with Crippen LogP contribution in [0.3, 0.4) is 0 Å². The molecule has 0 bridgehead atoms. The number of benzene rings is 4. The molecule has 0 spiro atoms. The lowest BCUT2D eigenvalue weighted by Crippen LogP contribution is -2.09. The molecule has 7 aromatic rings. The van der Waals surface area contributed by atoms with Crippen LogP contribution in [0.1, 0.15) is 0 Å². The second-order valence-corrected chi connectivity index (χ2v) is 11.1. The number of thiophene rings is 1. The molecule has 4 aromatic carbocycles. The molecule has 4 nitrogen and oxygen atoms in total. The van der Waals surface area contributed by atoms with Crippen LogP contribution in [0.25, 0.3) is 20.9 Å². The Balaban J connectivity index is 1.15. The van der Waals surface area contributed by atoms with E-state index in [-0.39, 0.29) is 0 Å². The fraction of sp³-hybridized carbons (Fsp3) is 0. The monoisotopic (exact) mass is 572 g/mol. The number of nitrogens with zero attached hydrogens (tertiary/aromatic N) is 4. The van der Waals surface area contributed by atoms with Crippen molar-refractivity contribution in [2.75, 3.05) is 9.80 Å². The highest BCUT2D eigenvalue weighted by Gasteiger charge is 2.15. The summed E-state index contributed by atoms with van der Waals surface area (Å²) < 4.78 is 0. The molecule has 43 heavy (non-hydrogen) atoms. The highest BCUT2D eigenvalue weighted by Crippen LogP contribution is 2.39. The van der Waals surface area contributed by atoms with Crippen LogP contribution in [0, 0.1) is 0 Å². The van der Waals surface area contributed by atoms with Crippen LogP contribution in [-0.2, 0) is 0 Å². The van der Waals surface area contributed by atoms with Crippen LogP contribution >= 0.6 is 11.3 Å². The number of anilines is 6. The third kappa shape index (κ3) is 5.67. The van der Waals surface area contributed by atoms with E-state index in [0.29, 0.717) is 0 Å². The summed E-state index contributed by atoms with van der Waals surface area (Å²) in [6, 6.07) is 50.8. The maximum atomic E-state index is 4.35. The predicted octanol–water partition coefficient (Wildman–Crippen LogP) is 10.8. The van der Waals surface area contributed by atoms with Gasteiger partial charge in [-0.15, -0.1) is 11.3 Å². The summed E-state index contributed by atoms with van der Waals surface area (Å²) in [5, 5.41) is 0.